The summed E-state index contributed by atoms with van der Waals surface area (Å²) in [6.07, 6.45) is 3.49. The highest BCUT2D eigenvalue weighted by molar-refractivity contribution is 5.85. The van der Waals surface area contributed by atoms with Crippen molar-refractivity contribution in [1.82, 2.24) is 4.90 Å². The van der Waals surface area contributed by atoms with Gasteiger partial charge in [0.2, 0.25) is 5.91 Å². The van der Waals surface area contributed by atoms with Gasteiger partial charge in [-0.2, -0.15) is 5.26 Å². The van der Waals surface area contributed by atoms with Crippen LogP contribution in [-0.2, 0) is 4.79 Å². The predicted molar refractivity (Wildman–Crippen MR) is 45.2 cm³/mol. The second kappa shape index (κ2) is 3.14. The van der Waals surface area contributed by atoms with Gasteiger partial charge in [0.1, 0.15) is 5.41 Å². The number of rotatable bonds is 1. The van der Waals surface area contributed by atoms with Crippen molar-refractivity contribution in [2.75, 3.05) is 14.1 Å². The number of hydrogen-bond acceptors (Lipinski definition) is 2. The molecule has 1 saturated carbocycles. The Hall–Kier alpha value is -1.04. The van der Waals surface area contributed by atoms with E-state index in [-0.39, 0.29) is 5.91 Å². The standard InChI is InChI=1S/C9H14N2O/c1-11(2)8(12)9(7-10)5-3-4-6-9/h3-6H2,1-2H3. The minimum absolute atomic E-state index is 0.0255. The Morgan fingerprint density at radius 3 is 2.25 bits per heavy atom. The van der Waals surface area contributed by atoms with Crippen molar-refractivity contribution in [3.63, 3.8) is 0 Å². The van der Waals surface area contributed by atoms with Gasteiger partial charge in [-0.25, -0.2) is 0 Å². The minimum Gasteiger partial charge on any atom is -0.347 e. The van der Waals surface area contributed by atoms with Crippen LogP contribution >= 0.6 is 0 Å². The van der Waals surface area contributed by atoms with Gasteiger partial charge in [-0.1, -0.05) is 12.8 Å². The number of amides is 1. The molecule has 1 amide bonds. The fourth-order valence-corrected chi connectivity index (χ4v) is 1.78. The average molecular weight is 166 g/mol. The Balaban J connectivity index is 2.81. The molecule has 3 heteroatoms. The fraction of sp³-hybridized carbons (Fsp3) is 0.778. The fourth-order valence-electron chi connectivity index (χ4n) is 1.78. The molecule has 1 aliphatic carbocycles. The third-order valence-electron chi connectivity index (χ3n) is 2.49. The molecular formula is C9H14N2O. The summed E-state index contributed by atoms with van der Waals surface area (Å²) in [4.78, 5) is 13.1. The first-order valence-corrected chi connectivity index (χ1v) is 4.25. The lowest BCUT2D eigenvalue weighted by Crippen LogP contribution is -2.37. The topological polar surface area (TPSA) is 44.1 Å². The lowest BCUT2D eigenvalue weighted by molar-refractivity contribution is -0.136. The maximum atomic E-state index is 11.6. The summed E-state index contributed by atoms with van der Waals surface area (Å²) >= 11 is 0. The van der Waals surface area contributed by atoms with Gasteiger partial charge in [0.15, 0.2) is 0 Å². The van der Waals surface area contributed by atoms with E-state index in [1.807, 2.05) is 0 Å². The molecule has 66 valence electrons. The summed E-state index contributed by atoms with van der Waals surface area (Å²) in [6.45, 7) is 0. The predicted octanol–water partition coefficient (Wildman–Crippen LogP) is 1.16. The highest BCUT2D eigenvalue weighted by Crippen LogP contribution is 2.38. The average Bonchev–Trinajstić information content (AvgIpc) is 2.52. The van der Waals surface area contributed by atoms with Crippen LogP contribution in [0.15, 0.2) is 0 Å². The monoisotopic (exact) mass is 166 g/mol. The first-order valence-electron chi connectivity index (χ1n) is 4.25. The second-order valence-electron chi connectivity index (χ2n) is 3.60. The number of nitriles is 1. The Morgan fingerprint density at radius 1 is 1.42 bits per heavy atom. The van der Waals surface area contributed by atoms with Crippen molar-refractivity contribution in [3.8, 4) is 6.07 Å². The molecule has 0 aromatic rings. The molecule has 1 fully saturated rings. The molecule has 12 heavy (non-hydrogen) atoms. The smallest absolute Gasteiger partial charge is 0.242 e. The van der Waals surface area contributed by atoms with Crippen LogP contribution in [0.5, 0.6) is 0 Å². The zero-order valence-corrected chi connectivity index (χ0v) is 7.63. The van der Waals surface area contributed by atoms with Crippen LogP contribution in [0.1, 0.15) is 25.7 Å². The molecule has 0 atom stereocenters. The van der Waals surface area contributed by atoms with E-state index in [4.69, 9.17) is 5.26 Å². The Bertz CT molecular complexity index is 221. The van der Waals surface area contributed by atoms with Crippen LogP contribution in [-0.4, -0.2) is 24.9 Å². The molecule has 0 spiro atoms. The van der Waals surface area contributed by atoms with Gasteiger partial charge < -0.3 is 4.90 Å². The van der Waals surface area contributed by atoms with Crippen LogP contribution in [0.4, 0.5) is 0 Å². The van der Waals surface area contributed by atoms with E-state index in [1.165, 1.54) is 4.90 Å². The molecule has 0 N–H and O–H groups in total. The van der Waals surface area contributed by atoms with Crippen LogP contribution in [0.3, 0.4) is 0 Å². The van der Waals surface area contributed by atoms with Crippen molar-refractivity contribution in [2.45, 2.75) is 25.7 Å². The van der Waals surface area contributed by atoms with E-state index in [0.29, 0.717) is 0 Å². The second-order valence-corrected chi connectivity index (χ2v) is 3.60. The summed E-state index contributed by atoms with van der Waals surface area (Å²) in [5.74, 6) is -0.0255. The molecule has 0 aromatic heterocycles. The van der Waals surface area contributed by atoms with Gasteiger partial charge in [0, 0.05) is 14.1 Å². The summed E-state index contributed by atoms with van der Waals surface area (Å²) in [7, 11) is 3.42. The summed E-state index contributed by atoms with van der Waals surface area (Å²) in [5, 5.41) is 8.94. The van der Waals surface area contributed by atoms with Gasteiger partial charge in [0.05, 0.1) is 6.07 Å². The van der Waals surface area contributed by atoms with E-state index >= 15 is 0 Å². The molecule has 0 heterocycles. The van der Waals surface area contributed by atoms with Gasteiger partial charge in [-0.15, -0.1) is 0 Å². The largest absolute Gasteiger partial charge is 0.347 e. The van der Waals surface area contributed by atoms with Crippen molar-refractivity contribution in [2.24, 2.45) is 5.41 Å². The summed E-state index contributed by atoms with van der Waals surface area (Å²) < 4.78 is 0. The summed E-state index contributed by atoms with van der Waals surface area (Å²) in [5.41, 5.74) is -0.691. The molecule has 0 bridgehead atoms. The first kappa shape index (κ1) is 9.05. The van der Waals surface area contributed by atoms with E-state index in [0.717, 1.165) is 25.7 Å². The number of carbonyl (C=O) groups is 1. The highest BCUT2D eigenvalue weighted by Gasteiger charge is 2.42. The minimum atomic E-state index is -0.691. The number of nitrogens with zero attached hydrogens (tertiary/aromatic N) is 2. The molecule has 1 aliphatic rings. The van der Waals surface area contributed by atoms with Crippen LogP contribution < -0.4 is 0 Å². The highest BCUT2D eigenvalue weighted by atomic mass is 16.2. The third-order valence-corrected chi connectivity index (χ3v) is 2.49. The zero-order valence-electron chi connectivity index (χ0n) is 7.63. The van der Waals surface area contributed by atoms with Crippen molar-refractivity contribution in [3.05, 3.63) is 0 Å². The van der Waals surface area contributed by atoms with Gasteiger partial charge in [0.25, 0.3) is 0 Å². The van der Waals surface area contributed by atoms with Crippen molar-refractivity contribution >= 4 is 5.91 Å². The first-order chi connectivity index (χ1) is 5.62. The van der Waals surface area contributed by atoms with Gasteiger partial charge >= 0.3 is 0 Å². The quantitative estimate of drug-likeness (QED) is 0.586. The molecule has 3 nitrogen and oxygen atoms in total. The van der Waals surface area contributed by atoms with Gasteiger partial charge in [-0.05, 0) is 12.8 Å². The molecule has 0 saturated heterocycles. The SMILES string of the molecule is CN(C)C(=O)C1(C#N)CCCC1. The van der Waals surface area contributed by atoms with E-state index < -0.39 is 5.41 Å². The summed E-state index contributed by atoms with van der Waals surface area (Å²) in [6, 6.07) is 2.17. The van der Waals surface area contributed by atoms with Crippen LogP contribution in [0, 0.1) is 16.7 Å². The van der Waals surface area contributed by atoms with Crippen LogP contribution in [0.25, 0.3) is 0 Å². The molecule has 0 aliphatic heterocycles. The Morgan fingerprint density at radius 2 is 1.92 bits per heavy atom. The third kappa shape index (κ3) is 1.29. The molecule has 1 rings (SSSR count). The zero-order chi connectivity index (χ0) is 9.19. The van der Waals surface area contributed by atoms with E-state index in [1.54, 1.807) is 14.1 Å². The van der Waals surface area contributed by atoms with E-state index in [2.05, 4.69) is 6.07 Å². The normalized spacial score (nSPS) is 20.1. The number of carbonyl (C=O) groups excluding carboxylic acids is 1. The van der Waals surface area contributed by atoms with E-state index in [9.17, 15) is 4.79 Å². The van der Waals surface area contributed by atoms with Crippen LogP contribution in [0.2, 0.25) is 0 Å². The Labute approximate surface area is 73.0 Å². The Kier molecular flexibility index (Phi) is 2.37. The lowest BCUT2D eigenvalue weighted by Gasteiger charge is -2.23. The maximum absolute atomic E-state index is 11.6. The molecule has 0 radical (unpaired) electrons. The molecular weight excluding hydrogens is 152 g/mol. The van der Waals surface area contributed by atoms with Crippen molar-refractivity contribution in [1.29, 1.82) is 5.26 Å². The van der Waals surface area contributed by atoms with Crippen molar-refractivity contribution < 1.29 is 4.79 Å². The molecule has 0 aromatic carbocycles. The lowest BCUT2D eigenvalue weighted by atomic mass is 9.87. The van der Waals surface area contributed by atoms with Gasteiger partial charge in [-0.3, -0.25) is 4.79 Å². The number of hydrogen-bond donors (Lipinski definition) is 0. The molecule has 0 unspecified atom stereocenters. The maximum Gasteiger partial charge on any atom is 0.242 e.